The summed E-state index contributed by atoms with van der Waals surface area (Å²) in [5.74, 6) is 1.09. The van der Waals surface area contributed by atoms with Gasteiger partial charge in [-0.15, -0.1) is 0 Å². The fraction of sp³-hybridized carbons (Fsp3) is 0.800. The molecule has 1 atom stereocenters. The topological polar surface area (TPSA) is 40.7 Å². The smallest absolute Gasteiger partial charge is 0.123 e. The van der Waals surface area contributed by atoms with Crippen LogP contribution in [0.2, 0.25) is 0 Å². The quantitative estimate of drug-likeness (QED) is 0.579. The van der Waals surface area contributed by atoms with E-state index in [1.807, 2.05) is 12.4 Å². The molecule has 0 aliphatic rings. The summed E-state index contributed by atoms with van der Waals surface area (Å²) < 4.78 is 0. The summed E-state index contributed by atoms with van der Waals surface area (Å²) in [6, 6.07) is 0.408. The van der Waals surface area contributed by atoms with Crippen molar-refractivity contribution in [2.75, 3.05) is 6.54 Å². The zero-order valence-corrected chi connectivity index (χ0v) is 12.0. The lowest BCUT2D eigenvalue weighted by atomic mass is 10.1. The van der Waals surface area contributed by atoms with Crippen molar-refractivity contribution in [3.8, 4) is 0 Å². The Bertz CT molecular complexity index is 269. The molecular formula is C15H29N3. The van der Waals surface area contributed by atoms with Crippen LogP contribution in [0.25, 0.3) is 0 Å². The molecule has 1 aromatic rings. The predicted molar refractivity (Wildman–Crippen MR) is 77.6 cm³/mol. The molecule has 1 aromatic heterocycles. The van der Waals surface area contributed by atoms with Gasteiger partial charge in [0.2, 0.25) is 0 Å². The fourth-order valence-corrected chi connectivity index (χ4v) is 2.25. The molecule has 104 valence electrons. The maximum atomic E-state index is 4.38. The van der Waals surface area contributed by atoms with Crippen LogP contribution in [0.3, 0.4) is 0 Å². The summed E-state index contributed by atoms with van der Waals surface area (Å²) >= 11 is 0. The first-order chi connectivity index (χ1) is 8.88. The lowest BCUT2D eigenvalue weighted by Gasteiger charge is -2.16. The van der Waals surface area contributed by atoms with Crippen LogP contribution >= 0.6 is 0 Å². The van der Waals surface area contributed by atoms with E-state index in [1.165, 1.54) is 51.4 Å². The normalized spacial score (nSPS) is 12.8. The number of imidazole rings is 1. The number of aromatic nitrogens is 2. The Labute approximate surface area is 112 Å². The number of hydrogen-bond acceptors (Lipinski definition) is 2. The Morgan fingerprint density at radius 1 is 1.11 bits per heavy atom. The molecule has 0 aromatic carbocycles. The molecule has 1 rings (SSSR count). The van der Waals surface area contributed by atoms with Crippen LogP contribution in [0.5, 0.6) is 0 Å². The number of H-pyrrole nitrogens is 1. The molecule has 3 nitrogen and oxygen atoms in total. The van der Waals surface area contributed by atoms with E-state index in [0.717, 1.165) is 12.4 Å². The van der Waals surface area contributed by atoms with Gasteiger partial charge in [0.05, 0.1) is 6.04 Å². The Balaban J connectivity index is 2.20. The Kier molecular flexibility index (Phi) is 8.57. The van der Waals surface area contributed by atoms with E-state index < -0.39 is 0 Å². The summed E-state index contributed by atoms with van der Waals surface area (Å²) in [4.78, 5) is 7.61. The first-order valence-corrected chi connectivity index (χ1v) is 7.61. The largest absolute Gasteiger partial charge is 0.347 e. The second kappa shape index (κ2) is 10.1. The van der Waals surface area contributed by atoms with E-state index in [-0.39, 0.29) is 0 Å². The van der Waals surface area contributed by atoms with Crippen LogP contribution < -0.4 is 5.32 Å². The monoisotopic (exact) mass is 251 g/mol. The van der Waals surface area contributed by atoms with Crippen molar-refractivity contribution < 1.29 is 0 Å². The predicted octanol–water partition coefficient (Wildman–Crippen LogP) is 4.20. The standard InChI is InChI=1S/C15H29N3/c1-3-5-6-7-8-9-10-14(16-11-4-2)15-17-12-13-18-15/h12-14,16H,3-11H2,1-2H3,(H,17,18). The zero-order chi connectivity index (χ0) is 13.1. The van der Waals surface area contributed by atoms with Gasteiger partial charge in [0.25, 0.3) is 0 Å². The van der Waals surface area contributed by atoms with Gasteiger partial charge in [-0.25, -0.2) is 4.98 Å². The van der Waals surface area contributed by atoms with E-state index in [2.05, 4.69) is 29.1 Å². The molecular weight excluding hydrogens is 222 g/mol. The first kappa shape index (κ1) is 15.2. The van der Waals surface area contributed by atoms with Gasteiger partial charge < -0.3 is 10.3 Å². The average molecular weight is 251 g/mol. The van der Waals surface area contributed by atoms with Gasteiger partial charge in [0.15, 0.2) is 0 Å². The molecule has 18 heavy (non-hydrogen) atoms. The molecule has 0 bridgehead atoms. The summed E-state index contributed by atoms with van der Waals surface area (Å²) in [5, 5.41) is 3.58. The third kappa shape index (κ3) is 6.20. The Morgan fingerprint density at radius 2 is 1.89 bits per heavy atom. The van der Waals surface area contributed by atoms with E-state index in [9.17, 15) is 0 Å². The first-order valence-electron chi connectivity index (χ1n) is 7.61. The highest BCUT2D eigenvalue weighted by Crippen LogP contribution is 2.17. The van der Waals surface area contributed by atoms with E-state index in [0.29, 0.717) is 6.04 Å². The minimum Gasteiger partial charge on any atom is -0.347 e. The SMILES string of the molecule is CCCCCCCCC(NCCC)c1ncc[nH]1. The lowest BCUT2D eigenvalue weighted by Crippen LogP contribution is -2.23. The highest BCUT2D eigenvalue weighted by atomic mass is 15.0. The van der Waals surface area contributed by atoms with Gasteiger partial charge in [-0.3, -0.25) is 0 Å². The molecule has 0 spiro atoms. The van der Waals surface area contributed by atoms with Crippen LogP contribution in [0.4, 0.5) is 0 Å². The fourth-order valence-electron chi connectivity index (χ4n) is 2.25. The van der Waals surface area contributed by atoms with Crippen LogP contribution in [0, 0.1) is 0 Å². The summed E-state index contributed by atoms with van der Waals surface area (Å²) in [6.07, 6.45) is 14.3. The van der Waals surface area contributed by atoms with E-state index in [4.69, 9.17) is 0 Å². The van der Waals surface area contributed by atoms with Crippen molar-refractivity contribution >= 4 is 0 Å². The second-order valence-electron chi connectivity index (χ2n) is 5.04. The number of unbranched alkanes of at least 4 members (excludes halogenated alkanes) is 5. The molecule has 0 saturated heterocycles. The second-order valence-corrected chi connectivity index (χ2v) is 5.04. The van der Waals surface area contributed by atoms with Crippen LogP contribution in [0.1, 0.15) is 77.1 Å². The number of nitrogens with one attached hydrogen (secondary N) is 2. The molecule has 0 fully saturated rings. The van der Waals surface area contributed by atoms with Gasteiger partial charge in [0, 0.05) is 12.4 Å². The Hall–Kier alpha value is -0.830. The number of hydrogen-bond donors (Lipinski definition) is 2. The van der Waals surface area contributed by atoms with E-state index in [1.54, 1.807) is 0 Å². The minimum atomic E-state index is 0.408. The molecule has 0 radical (unpaired) electrons. The van der Waals surface area contributed by atoms with Gasteiger partial charge >= 0.3 is 0 Å². The molecule has 2 N–H and O–H groups in total. The highest BCUT2D eigenvalue weighted by Gasteiger charge is 2.11. The third-order valence-electron chi connectivity index (χ3n) is 3.34. The number of rotatable bonds is 11. The number of aromatic amines is 1. The van der Waals surface area contributed by atoms with Gasteiger partial charge in [-0.05, 0) is 19.4 Å². The summed E-state index contributed by atoms with van der Waals surface area (Å²) in [5.41, 5.74) is 0. The molecule has 0 aliphatic heterocycles. The van der Waals surface area contributed by atoms with Crippen LogP contribution in [-0.2, 0) is 0 Å². The average Bonchev–Trinajstić information content (AvgIpc) is 2.91. The van der Waals surface area contributed by atoms with Crippen molar-refractivity contribution in [1.82, 2.24) is 15.3 Å². The van der Waals surface area contributed by atoms with Crippen LogP contribution in [-0.4, -0.2) is 16.5 Å². The van der Waals surface area contributed by atoms with Gasteiger partial charge in [0.1, 0.15) is 5.82 Å². The van der Waals surface area contributed by atoms with Gasteiger partial charge in [-0.2, -0.15) is 0 Å². The molecule has 3 heteroatoms. The van der Waals surface area contributed by atoms with Crippen molar-refractivity contribution in [2.45, 2.75) is 71.3 Å². The molecule has 0 saturated carbocycles. The molecule has 0 aliphatic carbocycles. The van der Waals surface area contributed by atoms with E-state index >= 15 is 0 Å². The summed E-state index contributed by atoms with van der Waals surface area (Å²) in [6.45, 7) is 5.54. The maximum Gasteiger partial charge on any atom is 0.123 e. The molecule has 0 amide bonds. The molecule has 1 heterocycles. The van der Waals surface area contributed by atoms with Crippen molar-refractivity contribution in [1.29, 1.82) is 0 Å². The summed E-state index contributed by atoms with van der Waals surface area (Å²) in [7, 11) is 0. The van der Waals surface area contributed by atoms with Crippen LogP contribution in [0.15, 0.2) is 12.4 Å². The zero-order valence-electron chi connectivity index (χ0n) is 12.0. The maximum absolute atomic E-state index is 4.38. The minimum absolute atomic E-state index is 0.408. The number of nitrogens with zero attached hydrogens (tertiary/aromatic N) is 1. The lowest BCUT2D eigenvalue weighted by molar-refractivity contribution is 0.451. The van der Waals surface area contributed by atoms with Crippen molar-refractivity contribution in [3.63, 3.8) is 0 Å². The van der Waals surface area contributed by atoms with Crippen molar-refractivity contribution in [2.24, 2.45) is 0 Å². The third-order valence-corrected chi connectivity index (χ3v) is 3.34. The Morgan fingerprint density at radius 3 is 2.56 bits per heavy atom. The van der Waals surface area contributed by atoms with Crippen molar-refractivity contribution in [3.05, 3.63) is 18.2 Å². The highest BCUT2D eigenvalue weighted by molar-refractivity contribution is 4.95. The van der Waals surface area contributed by atoms with Gasteiger partial charge in [-0.1, -0.05) is 52.4 Å². The molecule has 1 unspecified atom stereocenters.